The lowest BCUT2D eigenvalue weighted by Gasteiger charge is -2.18. The van der Waals surface area contributed by atoms with Gasteiger partial charge in [-0.1, -0.05) is 63.2 Å². The highest BCUT2D eigenvalue weighted by atomic mass is 32.2. The Bertz CT molecular complexity index is 983. The molecule has 2 N–H and O–H groups in total. The Kier molecular flexibility index (Phi) is 4.16. The molecule has 0 saturated heterocycles. The molecule has 0 aliphatic heterocycles. The predicted octanol–water partition coefficient (Wildman–Crippen LogP) is 3.67. The molecular formula is C19H21N3O2S. The molecule has 25 heavy (non-hydrogen) atoms. The quantitative estimate of drug-likeness (QED) is 0.777. The molecule has 0 unspecified atom stereocenters. The molecule has 0 atom stereocenters. The molecule has 0 fully saturated rings. The largest absolute Gasteiger partial charge is 0.383 e. The van der Waals surface area contributed by atoms with Gasteiger partial charge in [-0.15, -0.1) is 4.09 Å². The predicted molar refractivity (Wildman–Crippen MR) is 99.8 cm³/mol. The van der Waals surface area contributed by atoms with Gasteiger partial charge in [0.2, 0.25) is 0 Å². The van der Waals surface area contributed by atoms with Crippen molar-refractivity contribution in [1.82, 2.24) is 9.19 Å². The van der Waals surface area contributed by atoms with Crippen LogP contribution in [0.25, 0.3) is 11.3 Å². The SMILES string of the molecule is CC(C)(C)c1ccc(-c2cc(N)n(S(=O)(=O)c3ccccc3)n2)cc1. The van der Waals surface area contributed by atoms with Gasteiger partial charge in [-0.2, -0.15) is 13.5 Å². The average molecular weight is 355 g/mol. The molecule has 130 valence electrons. The summed E-state index contributed by atoms with van der Waals surface area (Å²) in [6.07, 6.45) is 0. The fraction of sp³-hybridized carbons (Fsp3) is 0.211. The van der Waals surface area contributed by atoms with Gasteiger partial charge in [-0.25, -0.2) is 0 Å². The zero-order valence-corrected chi connectivity index (χ0v) is 15.3. The Balaban J connectivity index is 2.01. The van der Waals surface area contributed by atoms with E-state index in [0.29, 0.717) is 5.69 Å². The Hall–Kier alpha value is -2.60. The first-order valence-electron chi connectivity index (χ1n) is 7.97. The van der Waals surface area contributed by atoms with Crippen LogP contribution in [0, 0.1) is 0 Å². The maximum absolute atomic E-state index is 12.7. The minimum absolute atomic E-state index is 0.0492. The Morgan fingerprint density at radius 3 is 2.12 bits per heavy atom. The zero-order chi connectivity index (χ0) is 18.2. The lowest BCUT2D eigenvalue weighted by Crippen LogP contribution is -2.16. The average Bonchev–Trinajstić information content (AvgIpc) is 2.98. The third-order valence-corrected chi connectivity index (χ3v) is 5.64. The van der Waals surface area contributed by atoms with E-state index < -0.39 is 10.0 Å². The summed E-state index contributed by atoms with van der Waals surface area (Å²) in [6.45, 7) is 6.42. The summed E-state index contributed by atoms with van der Waals surface area (Å²) in [4.78, 5) is 0.152. The van der Waals surface area contributed by atoms with Gasteiger partial charge in [0.15, 0.2) is 0 Å². The fourth-order valence-corrected chi connectivity index (χ4v) is 3.77. The van der Waals surface area contributed by atoms with Gasteiger partial charge in [0.25, 0.3) is 10.0 Å². The van der Waals surface area contributed by atoms with E-state index in [1.54, 1.807) is 24.3 Å². The molecule has 6 heteroatoms. The van der Waals surface area contributed by atoms with Crippen LogP contribution in [0.1, 0.15) is 26.3 Å². The van der Waals surface area contributed by atoms with Crippen molar-refractivity contribution in [3.8, 4) is 11.3 Å². The van der Waals surface area contributed by atoms with Crippen LogP contribution in [0.4, 0.5) is 5.82 Å². The minimum Gasteiger partial charge on any atom is -0.383 e. The first-order valence-corrected chi connectivity index (χ1v) is 9.41. The van der Waals surface area contributed by atoms with Crippen LogP contribution in [-0.4, -0.2) is 17.6 Å². The fourth-order valence-electron chi connectivity index (χ4n) is 2.55. The molecule has 0 radical (unpaired) electrons. The number of benzene rings is 2. The minimum atomic E-state index is -3.81. The van der Waals surface area contributed by atoms with Gasteiger partial charge in [-0.05, 0) is 23.1 Å². The summed E-state index contributed by atoms with van der Waals surface area (Å²) in [5.41, 5.74) is 8.51. The Morgan fingerprint density at radius 2 is 1.56 bits per heavy atom. The third-order valence-electron chi connectivity index (χ3n) is 4.02. The lowest BCUT2D eigenvalue weighted by atomic mass is 9.86. The van der Waals surface area contributed by atoms with Crippen molar-refractivity contribution in [2.75, 3.05) is 5.73 Å². The second-order valence-corrected chi connectivity index (χ2v) is 8.71. The summed E-state index contributed by atoms with van der Waals surface area (Å²) >= 11 is 0. The highest BCUT2D eigenvalue weighted by molar-refractivity contribution is 7.90. The number of nitrogens with zero attached hydrogens (tertiary/aromatic N) is 2. The maximum atomic E-state index is 12.7. The van der Waals surface area contributed by atoms with E-state index in [9.17, 15) is 8.42 Å². The summed E-state index contributed by atoms with van der Waals surface area (Å²) in [6, 6.07) is 17.6. The maximum Gasteiger partial charge on any atom is 0.284 e. The molecule has 0 saturated carbocycles. The monoisotopic (exact) mass is 355 g/mol. The molecule has 0 amide bonds. The molecule has 3 rings (SSSR count). The second-order valence-electron chi connectivity index (χ2n) is 6.94. The van der Waals surface area contributed by atoms with Crippen LogP contribution in [-0.2, 0) is 15.4 Å². The van der Waals surface area contributed by atoms with Crippen LogP contribution >= 0.6 is 0 Å². The first kappa shape index (κ1) is 17.2. The van der Waals surface area contributed by atoms with Crippen molar-refractivity contribution in [1.29, 1.82) is 0 Å². The van der Waals surface area contributed by atoms with Crippen molar-refractivity contribution in [2.24, 2.45) is 0 Å². The van der Waals surface area contributed by atoms with Gasteiger partial charge >= 0.3 is 0 Å². The number of anilines is 1. The number of rotatable bonds is 3. The van der Waals surface area contributed by atoms with Crippen LogP contribution in [0.15, 0.2) is 65.6 Å². The van der Waals surface area contributed by atoms with Crippen LogP contribution in [0.2, 0.25) is 0 Å². The molecule has 0 aliphatic carbocycles. The van der Waals surface area contributed by atoms with E-state index in [1.807, 2.05) is 24.3 Å². The molecule has 3 aromatic rings. The van der Waals surface area contributed by atoms with Crippen molar-refractivity contribution in [3.05, 3.63) is 66.2 Å². The van der Waals surface area contributed by atoms with E-state index in [-0.39, 0.29) is 16.1 Å². The molecule has 2 aromatic carbocycles. The second kappa shape index (κ2) is 6.04. The van der Waals surface area contributed by atoms with E-state index in [2.05, 4.69) is 25.9 Å². The number of hydrogen-bond donors (Lipinski definition) is 1. The molecule has 0 bridgehead atoms. The smallest absolute Gasteiger partial charge is 0.284 e. The summed E-state index contributed by atoms with van der Waals surface area (Å²) in [5.74, 6) is 0.0822. The number of nitrogens with two attached hydrogens (primary N) is 1. The summed E-state index contributed by atoms with van der Waals surface area (Å²) in [5, 5.41) is 4.22. The highest BCUT2D eigenvalue weighted by Crippen LogP contribution is 2.27. The first-order chi connectivity index (χ1) is 11.7. The van der Waals surface area contributed by atoms with Crippen molar-refractivity contribution >= 4 is 15.8 Å². The van der Waals surface area contributed by atoms with Crippen LogP contribution in [0.5, 0.6) is 0 Å². The zero-order valence-electron chi connectivity index (χ0n) is 14.5. The van der Waals surface area contributed by atoms with E-state index >= 15 is 0 Å². The van der Waals surface area contributed by atoms with Crippen molar-refractivity contribution in [2.45, 2.75) is 31.1 Å². The standard InChI is InChI=1S/C19H21N3O2S/c1-19(2,3)15-11-9-14(10-12-15)17-13-18(20)22(21-17)25(23,24)16-7-5-4-6-8-16/h4-13H,20H2,1-3H3. The lowest BCUT2D eigenvalue weighted by molar-refractivity contribution is 0.581. The molecule has 0 aliphatic rings. The van der Waals surface area contributed by atoms with Gasteiger partial charge in [-0.3, -0.25) is 0 Å². The van der Waals surface area contributed by atoms with Crippen molar-refractivity contribution < 1.29 is 8.42 Å². The summed E-state index contributed by atoms with van der Waals surface area (Å²) < 4.78 is 26.3. The Morgan fingerprint density at radius 1 is 0.960 bits per heavy atom. The molecule has 1 heterocycles. The third kappa shape index (κ3) is 3.30. The van der Waals surface area contributed by atoms with Crippen molar-refractivity contribution in [3.63, 3.8) is 0 Å². The highest BCUT2D eigenvalue weighted by Gasteiger charge is 2.22. The molecule has 5 nitrogen and oxygen atoms in total. The number of nitrogen functional groups attached to an aromatic ring is 1. The van der Waals surface area contributed by atoms with E-state index in [0.717, 1.165) is 9.65 Å². The van der Waals surface area contributed by atoms with Crippen LogP contribution in [0.3, 0.4) is 0 Å². The normalized spacial score (nSPS) is 12.3. The molecule has 1 aromatic heterocycles. The Labute approximate surface area is 148 Å². The molecule has 0 spiro atoms. The van der Waals surface area contributed by atoms with E-state index in [4.69, 9.17) is 5.73 Å². The topological polar surface area (TPSA) is 78.0 Å². The van der Waals surface area contributed by atoms with Gasteiger partial charge in [0.1, 0.15) is 5.82 Å². The van der Waals surface area contributed by atoms with Crippen LogP contribution < -0.4 is 5.73 Å². The van der Waals surface area contributed by atoms with Gasteiger partial charge in [0, 0.05) is 11.6 Å². The number of aromatic nitrogens is 2. The molecular weight excluding hydrogens is 334 g/mol. The number of hydrogen-bond acceptors (Lipinski definition) is 4. The van der Waals surface area contributed by atoms with E-state index in [1.165, 1.54) is 17.7 Å². The van der Waals surface area contributed by atoms with Gasteiger partial charge in [0.05, 0.1) is 10.6 Å². The summed E-state index contributed by atoms with van der Waals surface area (Å²) in [7, 11) is -3.81. The van der Waals surface area contributed by atoms with Gasteiger partial charge < -0.3 is 5.73 Å².